The molecule has 1 saturated heterocycles. The molecule has 3 heterocycles. The van der Waals surface area contributed by atoms with Crippen LogP contribution in [0.15, 0.2) is 38.4 Å². The highest BCUT2D eigenvalue weighted by molar-refractivity contribution is 5.97. The summed E-state index contributed by atoms with van der Waals surface area (Å²) in [5.41, 5.74) is 0.659. The SMILES string of the molecule is Cc1cc([C@H]2CCCN2C(=O)c2ccc3[nH]c(=O)c(=O)[nH]c3c2)on1. The van der Waals surface area contributed by atoms with Gasteiger partial charge < -0.3 is 19.4 Å². The number of H-pyrrole nitrogens is 2. The second-order valence-corrected chi connectivity index (χ2v) is 6.20. The van der Waals surface area contributed by atoms with Gasteiger partial charge in [0.2, 0.25) is 0 Å². The summed E-state index contributed by atoms with van der Waals surface area (Å²) < 4.78 is 5.33. The van der Waals surface area contributed by atoms with E-state index in [1.54, 1.807) is 23.1 Å². The Morgan fingerprint density at radius 1 is 1.20 bits per heavy atom. The highest BCUT2D eigenvalue weighted by atomic mass is 16.5. The summed E-state index contributed by atoms with van der Waals surface area (Å²) in [5, 5.41) is 3.90. The summed E-state index contributed by atoms with van der Waals surface area (Å²) >= 11 is 0. The van der Waals surface area contributed by atoms with Crippen LogP contribution in [0.25, 0.3) is 11.0 Å². The molecule has 1 atom stereocenters. The second kappa shape index (κ2) is 5.73. The highest BCUT2D eigenvalue weighted by Crippen LogP contribution is 2.33. The van der Waals surface area contributed by atoms with E-state index in [0.717, 1.165) is 18.5 Å². The molecule has 1 fully saturated rings. The Labute approximate surface area is 141 Å². The number of aromatic nitrogens is 3. The second-order valence-electron chi connectivity index (χ2n) is 6.20. The molecule has 1 aliphatic rings. The number of rotatable bonds is 2. The van der Waals surface area contributed by atoms with Gasteiger partial charge in [-0.05, 0) is 38.0 Å². The summed E-state index contributed by atoms with van der Waals surface area (Å²) in [4.78, 5) is 42.5. The van der Waals surface area contributed by atoms with Crippen molar-refractivity contribution in [3.05, 3.63) is 62.0 Å². The molecule has 1 aliphatic heterocycles. The highest BCUT2D eigenvalue weighted by Gasteiger charge is 2.33. The smallest absolute Gasteiger partial charge is 0.314 e. The van der Waals surface area contributed by atoms with Crippen molar-refractivity contribution in [1.82, 2.24) is 20.0 Å². The maximum absolute atomic E-state index is 12.9. The predicted octanol–water partition coefficient (Wildman–Crippen LogP) is 1.49. The molecule has 8 nitrogen and oxygen atoms in total. The molecule has 0 saturated carbocycles. The van der Waals surface area contributed by atoms with Gasteiger partial charge in [0, 0.05) is 18.2 Å². The Morgan fingerprint density at radius 3 is 2.68 bits per heavy atom. The number of carbonyl (C=O) groups is 1. The molecule has 0 aliphatic carbocycles. The third-order valence-corrected chi connectivity index (χ3v) is 4.46. The van der Waals surface area contributed by atoms with Gasteiger partial charge in [-0.3, -0.25) is 14.4 Å². The van der Waals surface area contributed by atoms with E-state index in [4.69, 9.17) is 4.52 Å². The molecule has 8 heteroatoms. The van der Waals surface area contributed by atoms with E-state index in [2.05, 4.69) is 15.1 Å². The first-order valence-corrected chi connectivity index (χ1v) is 8.03. The number of likely N-dealkylation sites (tertiary alicyclic amines) is 1. The minimum absolute atomic E-state index is 0.140. The van der Waals surface area contributed by atoms with Crippen LogP contribution in [0.3, 0.4) is 0 Å². The van der Waals surface area contributed by atoms with Crippen molar-refractivity contribution in [2.24, 2.45) is 0 Å². The van der Waals surface area contributed by atoms with E-state index in [1.165, 1.54) is 0 Å². The number of benzene rings is 1. The molecular formula is C17H16N4O4. The Hall–Kier alpha value is -3.16. The molecule has 128 valence electrons. The molecule has 25 heavy (non-hydrogen) atoms. The van der Waals surface area contributed by atoms with Gasteiger partial charge in [0.25, 0.3) is 5.91 Å². The van der Waals surface area contributed by atoms with Crippen LogP contribution < -0.4 is 11.1 Å². The van der Waals surface area contributed by atoms with E-state index in [9.17, 15) is 14.4 Å². The third kappa shape index (κ3) is 2.65. The Morgan fingerprint density at radius 2 is 1.96 bits per heavy atom. The molecule has 3 aromatic rings. The van der Waals surface area contributed by atoms with Gasteiger partial charge in [0.15, 0.2) is 5.76 Å². The van der Waals surface area contributed by atoms with Crippen LogP contribution in [0.1, 0.15) is 40.7 Å². The van der Waals surface area contributed by atoms with Gasteiger partial charge in [0.1, 0.15) is 0 Å². The number of nitrogens with one attached hydrogen (secondary N) is 2. The number of fused-ring (bicyclic) bond motifs is 1. The summed E-state index contributed by atoms with van der Waals surface area (Å²) in [5.74, 6) is 0.535. The van der Waals surface area contributed by atoms with Crippen molar-refractivity contribution < 1.29 is 9.32 Å². The summed E-state index contributed by atoms with van der Waals surface area (Å²) in [6.45, 7) is 2.47. The number of hydrogen-bond acceptors (Lipinski definition) is 5. The van der Waals surface area contributed by atoms with Crippen LogP contribution in [-0.4, -0.2) is 32.5 Å². The number of aromatic amines is 2. The summed E-state index contributed by atoms with van der Waals surface area (Å²) in [6.07, 6.45) is 1.70. The fourth-order valence-corrected chi connectivity index (χ4v) is 3.26. The monoisotopic (exact) mass is 340 g/mol. The van der Waals surface area contributed by atoms with Crippen molar-refractivity contribution in [1.29, 1.82) is 0 Å². The lowest BCUT2D eigenvalue weighted by Crippen LogP contribution is -2.31. The van der Waals surface area contributed by atoms with E-state index in [-0.39, 0.29) is 11.9 Å². The van der Waals surface area contributed by atoms with E-state index >= 15 is 0 Å². The zero-order valence-electron chi connectivity index (χ0n) is 13.5. The maximum Gasteiger partial charge on any atom is 0.314 e. The number of carbonyl (C=O) groups excluding carboxylic acids is 1. The van der Waals surface area contributed by atoms with Crippen LogP contribution >= 0.6 is 0 Å². The van der Waals surface area contributed by atoms with Gasteiger partial charge in [-0.25, -0.2) is 0 Å². The van der Waals surface area contributed by atoms with Gasteiger partial charge >= 0.3 is 11.1 Å². The largest absolute Gasteiger partial charge is 0.359 e. The molecule has 1 aromatic carbocycles. The van der Waals surface area contributed by atoms with Crippen molar-refractivity contribution in [3.63, 3.8) is 0 Å². The van der Waals surface area contributed by atoms with Crippen molar-refractivity contribution >= 4 is 16.9 Å². The number of hydrogen-bond donors (Lipinski definition) is 2. The van der Waals surface area contributed by atoms with E-state index < -0.39 is 11.1 Å². The number of aryl methyl sites for hydroxylation is 1. The van der Waals surface area contributed by atoms with Crippen LogP contribution in [0.2, 0.25) is 0 Å². The van der Waals surface area contributed by atoms with E-state index in [1.807, 2.05) is 13.0 Å². The lowest BCUT2D eigenvalue weighted by atomic mass is 10.1. The van der Waals surface area contributed by atoms with Gasteiger partial charge in [0.05, 0.1) is 22.8 Å². The van der Waals surface area contributed by atoms with Crippen LogP contribution in [0.4, 0.5) is 0 Å². The first-order valence-electron chi connectivity index (χ1n) is 8.03. The molecule has 0 bridgehead atoms. The molecule has 2 aromatic heterocycles. The average Bonchev–Trinajstić information content (AvgIpc) is 3.23. The summed E-state index contributed by atoms with van der Waals surface area (Å²) in [7, 11) is 0. The van der Waals surface area contributed by atoms with Gasteiger partial charge in [-0.1, -0.05) is 5.16 Å². The van der Waals surface area contributed by atoms with Crippen LogP contribution in [-0.2, 0) is 0 Å². The number of amides is 1. The zero-order valence-corrected chi connectivity index (χ0v) is 13.5. The Bertz CT molecular complexity index is 1080. The Balaban J connectivity index is 1.70. The predicted molar refractivity (Wildman–Crippen MR) is 89.4 cm³/mol. The summed E-state index contributed by atoms with van der Waals surface area (Å²) in [6, 6.07) is 6.54. The van der Waals surface area contributed by atoms with Gasteiger partial charge in [-0.2, -0.15) is 0 Å². The zero-order chi connectivity index (χ0) is 17.6. The van der Waals surface area contributed by atoms with Crippen LogP contribution in [0.5, 0.6) is 0 Å². The molecule has 2 N–H and O–H groups in total. The minimum Gasteiger partial charge on any atom is -0.359 e. The molecule has 0 radical (unpaired) electrons. The molecule has 4 rings (SSSR count). The van der Waals surface area contributed by atoms with Gasteiger partial charge in [-0.15, -0.1) is 0 Å². The third-order valence-electron chi connectivity index (χ3n) is 4.46. The first-order chi connectivity index (χ1) is 12.0. The Kier molecular flexibility index (Phi) is 3.52. The topological polar surface area (TPSA) is 112 Å². The standard InChI is InChI=1S/C17H16N4O4/c1-9-7-14(25-20-9)13-3-2-6-21(13)17(24)10-4-5-11-12(8-10)19-16(23)15(22)18-11/h4-5,7-8,13H,2-3,6H2,1H3,(H,18,22)(H,19,23)/t13-/m1/s1. The lowest BCUT2D eigenvalue weighted by molar-refractivity contribution is 0.0714. The lowest BCUT2D eigenvalue weighted by Gasteiger charge is -2.22. The molecular weight excluding hydrogens is 324 g/mol. The molecule has 1 amide bonds. The maximum atomic E-state index is 12.9. The fraction of sp³-hybridized carbons (Fsp3) is 0.294. The fourth-order valence-electron chi connectivity index (χ4n) is 3.26. The molecule has 0 spiro atoms. The minimum atomic E-state index is -0.742. The number of nitrogens with zero attached hydrogens (tertiary/aromatic N) is 2. The van der Waals surface area contributed by atoms with Crippen LogP contribution in [0, 0.1) is 6.92 Å². The average molecular weight is 340 g/mol. The normalized spacial score (nSPS) is 17.3. The van der Waals surface area contributed by atoms with Crippen molar-refractivity contribution in [2.45, 2.75) is 25.8 Å². The van der Waals surface area contributed by atoms with Crippen molar-refractivity contribution in [2.75, 3.05) is 6.54 Å². The first kappa shape index (κ1) is 15.4. The quantitative estimate of drug-likeness (QED) is 0.686. The van der Waals surface area contributed by atoms with E-state index in [0.29, 0.717) is 28.9 Å². The van der Waals surface area contributed by atoms with Crippen molar-refractivity contribution in [3.8, 4) is 0 Å². The molecule has 0 unspecified atom stereocenters.